The summed E-state index contributed by atoms with van der Waals surface area (Å²) in [6.45, 7) is 4.20. The van der Waals surface area contributed by atoms with Crippen LogP contribution in [0.3, 0.4) is 0 Å². The van der Waals surface area contributed by atoms with Gasteiger partial charge in [-0.2, -0.15) is 0 Å². The number of hydrogen-bond donors (Lipinski definition) is 1. The monoisotopic (exact) mass is 281 g/mol. The average Bonchev–Trinajstić information content (AvgIpc) is 3.01. The number of hydrogen-bond acceptors (Lipinski definition) is 4. The SMILES string of the molecule is O=C(C1CCCO1)N1CCCC(N2CCNCC2=O)C1. The molecule has 0 radical (unpaired) electrons. The van der Waals surface area contributed by atoms with Gasteiger partial charge in [0.2, 0.25) is 5.91 Å². The van der Waals surface area contributed by atoms with Crippen LogP contribution in [-0.4, -0.2) is 73.1 Å². The molecule has 0 aromatic heterocycles. The zero-order valence-electron chi connectivity index (χ0n) is 11.8. The minimum Gasteiger partial charge on any atom is -0.368 e. The van der Waals surface area contributed by atoms with Gasteiger partial charge in [-0.25, -0.2) is 0 Å². The van der Waals surface area contributed by atoms with Crippen molar-refractivity contribution < 1.29 is 14.3 Å². The Morgan fingerprint density at radius 1 is 1.25 bits per heavy atom. The number of carbonyl (C=O) groups is 2. The average molecular weight is 281 g/mol. The second kappa shape index (κ2) is 6.10. The van der Waals surface area contributed by atoms with E-state index in [1.165, 1.54) is 0 Å². The second-order valence-electron chi connectivity index (χ2n) is 5.85. The Kier molecular flexibility index (Phi) is 4.21. The van der Waals surface area contributed by atoms with E-state index in [1.807, 2.05) is 9.80 Å². The topological polar surface area (TPSA) is 61.9 Å². The Balaban J connectivity index is 1.60. The molecule has 6 nitrogen and oxygen atoms in total. The van der Waals surface area contributed by atoms with Crippen LogP contribution in [0.15, 0.2) is 0 Å². The lowest BCUT2D eigenvalue weighted by Crippen LogP contribution is -2.58. The van der Waals surface area contributed by atoms with E-state index in [2.05, 4.69) is 5.32 Å². The predicted molar refractivity (Wildman–Crippen MR) is 73.2 cm³/mol. The molecular weight excluding hydrogens is 258 g/mol. The molecule has 0 spiro atoms. The highest BCUT2D eigenvalue weighted by Crippen LogP contribution is 2.21. The molecule has 3 aliphatic rings. The highest BCUT2D eigenvalue weighted by molar-refractivity contribution is 5.82. The Morgan fingerprint density at radius 2 is 2.15 bits per heavy atom. The quantitative estimate of drug-likeness (QED) is 0.747. The standard InChI is InChI=1S/C14H23N3O3/c18-13-9-15-5-7-17(13)11-3-1-6-16(10-11)14(19)12-4-2-8-20-12/h11-12,15H,1-10H2. The number of rotatable bonds is 2. The molecule has 3 aliphatic heterocycles. The predicted octanol–water partition coefficient (Wildman–Crippen LogP) is -0.412. The third-order valence-corrected chi connectivity index (χ3v) is 4.48. The van der Waals surface area contributed by atoms with Gasteiger partial charge in [0.1, 0.15) is 6.10 Å². The van der Waals surface area contributed by atoms with Crippen LogP contribution in [-0.2, 0) is 14.3 Å². The highest BCUT2D eigenvalue weighted by atomic mass is 16.5. The summed E-state index contributed by atoms with van der Waals surface area (Å²) in [6, 6.07) is 0.184. The lowest BCUT2D eigenvalue weighted by Gasteiger charge is -2.41. The molecule has 3 rings (SSSR count). The largest absolute Gasteiger partial charge is 0.368 e. The van der Waals surface area contributed by atoms with E-state index in [1.54, 1.807) is 0 Å². The summed E-state index contributed by atoms with van der Waals surface area (Å²) in [7, 11) is 0. The molecule has 3 fully saturated rings. The van der Waals surface area contributed by atoms with Crippen LogP contribution in [0, 0.1) is 0 Å². The molecule has 3 heterocycles. The molecule has 2 amide bonds. The van der Waals surface area contributed by atoms with Gasteiger partial charge >= 0.3 is 0 Å². The van der Waals surface area contributed by atoms with Crippen molar-refractivity contribution in [1.29, 1.82) is 0 Å². The van der Waals surface area contributed by atoms with Crippen LogP contribution < -0.4 is 5.32 Å². The second-order valence-corrected chi connectivity index (χ2v) is 5.85. The van der Waals surface area contributed by atoms with Crippen LogP contribution in [0.25, 0.3) is 0 Å². The molecule has 0 aromatic rings. The van der Waals surface area contributed by atoms with Crippen molar-refractivity contribution in [2.45, 2.75) is 37.8 Å². The van der Waals surface area contributed by atoms with Crippen molar-refractivity contribution in [1.82, 2.24) is 15.1 Å². The van der Waals surface area contributed by atoms with Crippen molar-refractivity contribution >= 4 is 11.8 Å². The number of nitrogens with zero attached hydrogens (tertiary/aromatic N) is 2. The fourth-order valence-electron chi connectivity index (χ4n) is 3.39. The minimum absolute atomic E-state index is 0.120. The summed E-state index contributed by atoms with van der Waals surface area (Å²) in [5.41, 5.74) is 0. The molecule has 2 atom stereocenters. The Hall–Kier alpha value is -1.14. The number of likely N-dealkylation sites (tertiary alicyclic amines) is 1. The number of piperidine rings is 1. The van der Waals surface area contributed by atoms with Gasteiger partial charge in [0.25, 0.3) is 5.91 Å². The number of ether oxygens (including phenoxy) is 1. The summed E-state index contributed by atoms with van der Waals surface area (Å²) >= 11 is 0. The number of carbonyl (C=O) groups excluding carboxylic acids is 2. The van der Waals surface area contributed by atoms with Gasteiger partial charge in [-0.05, 0) is 25.7 Å². The highest BCUT2D eigenvalue weighted by Gasteiger charge is 2.35. The summed E-state index contributed by atoms with van der Waals surface area (Å²) < 4.78 is 5.49. The van der Waals surface area contributed by atoms with Gasteiger partial charge in [-0.1, -0.05) is 0 Å². The minimum atomic E-state index is -0.243. The van der Waals surface area contributed by atoms with E-state index < -0.39 is 0 Å². The molecule has 0 bridgehead atoms. The molecule has 1 N–H and O–H groups in total. The lowest BCUT2D eigenvalue weighted by atomic mass is 10.0. The summed E-state index contributed by atoms with van der Waals surface area (Å²) in [6.07, 6.45) is 3.55. The van der Waals surface area contributed by atoms with E-state index in [4.69, 9.17) is 4.74 Å². The third kappa shape index (κ3) is 2.81. The van der Waals surface area contributed by atoms with Crippen LogP contribution >= 0.6 is 0 Å². The first-order valence-corrected chi connectivity index (χ1v) is 7.66. The van der Waals surface area contributed by atoms with E-state index in [0.717, 1.165) is 45.3 Å². The van der Waals surface area contributed by atoms with E-state index in [0.29, 0.717) is 19.7 Å². The number of piperazine rings is 1. The van der Waals surface area contributed by atoms with Gasteiger partial charge in [0.15, 0.2) is 0 Å². The number of nitrogens with one attached hydrogen (secondary N) is 1. The summed E-state index contributed by atoms with van der Waals surface area (Å²) in [5.74, 6) is 0.280. The van der Waals surface area contributed by atoms with Gasteiger partial charge < -0.3 is 19.9 Å². The van der Waals surface area contributed by atoms with Crippen LogP contribution in [0.5, 0.6) is 0 Å². The molecular formula is C14H23N3O3. The maximum atomic E-state index is 12.4. The molecule has 20 heavy (non-hydrogen) atoms. The van der Waals surface area contributed by atoms with Crippen molar-refractivity contribution in [2.75, 3.05) is 39.3 Å². The van der Waals surface area contributed by atoms with Crippen molar-refractivity contribution in [3.63, 3.8) is 0 Å². The van der Waals surface area contributed by atoms with Crippen molar-refractivity contribution in [2.24, 2.45) is 0 Å². The van der Waals surface area contributed by atoms with Gasteiger partial charge in [-0.15, -0.1) is 0 Å². The normalized spacial score (nSPS) is 31.7. The fraction of sp³-hybridized carbons (Fsp3) is 0.857. The molecule has 0 aromatic carbocycles. The first-order valence-electron chi connectivity index (χ1n) is 7.66. The fourth-order valence-corrected chi connectivity index (χ4v) is 3.39. The lowest BCUT2D eigenvalue weighted by molar-refractivity contribution is -0.146. The third-order valence-electron chi connectivity index (χ3n) is 4.48. The summed E-state index contributed by atoms with van der Waals surface area (Å²) in [4.78, 5) is 28.2. The first-order chi connectivity index (χ1) is 9.75. The molecule has 0 saturated carbocycles. The Bertz CT molecular complexity index is 382. The smallest absolute Gasteiger partial charge is 0.251 e. The van der Waals surface area contributed by atoms with E-state index in [-0.39, 0.29) is 24.0 Å². The number of amides is 2. The van der Waals surface area contributed by atoms with Crippen LogP contribution in [0.2, 0.25) is 0 Å². The Morgan fingerprint density at radius 3 is 2.90 bits per heavy atom. The van der Waals surface area contributed by atoms with Gasteiger partial charge in [0.05, 0.1) is 6.54 Å². The molecule has 2 unspecified atom stereocenters. The Labute approximate surface area is 119 Å². The maximum absolute atomic E-state index is 12.4. The molecule has 3 saturated heterocycles. The molecule has 112 valence electrons. The van der Waals surface area contributed by atoms with Gasteiger partial charge in [0, 0.05) is 38.8 Å². The van der Waals surface area contributed by atoms with E-state index >= 15 is 0 Å². The summed E-state index contributed by atoms with van der Waals surface area (Å²) in [5, 5.41) is 3.09. The first kappa shape index (κ1) is 13.8. The van der Waals surface area contributed by atoms with Crippen LogP contribution in [0.4, 0.5) is 0 Å². The maximum Gasteiger partial charge on any atom is 0.251 e. The van der Waals surface area contributed by atoms with Crippen molar-refractivity contribution in [3.05, 3.63) is 0 Å². The van der Waals surface area contributed by atoms with E-state index in [9.17, 15) is 9.59 Å². The van der Waals surface area contributed by atoms with Gasteiger partial charge in [-0.3, -0.25) is 9.59 Å². The zero-order valence-corrected chi connectivity index (χ0v) is 11.8. The molecule has 6 heteroatoms. The zero-order chi connectivity index (χ0) is 13.9. The van der Waals surface area contributed by atoms with Crippen molar-refractivity contribution in [3.8, 4) is 0 Å². The molecule has 0 aliphatic carbocycles. The van der Waals surface area contributed by atoms with Crippen LogP contribution in [0.1, 0.15) is 25.7 Å².